The van der Waals surface area contributed by atoms with Crippen LogP contribution in [-0.4, -0.2) is 19.0 Å². The maximum Gasteiger partial charge on any atom is 0.333 e. The fourth-order valence-electron chi connectivity index (χ4n) is 3.38. The highest BCUT2D eigenvalue weighted by atomic mass is 79.9. The zero-order valence-corrected chi connectivity index (χ0v) is 20.2. The average Bonchev–Trinajstić information content (AvgIpc) is 3.11. The molecule has 7 nitrogen and oxygen atoms in total. The minimum atomic E-state index is -0.572. The van der Waals surface area contributed by atoms with E-state index in [2.05, 4.69) is 27.3 Å². The van der Waals surface area contributed by atoms with Gasteiger partial charge in [0.1, 0.15) is 12.3 Å². The minimum absolute atomic E-state index is 0.101. The molecule has 1 N–H and O–H groups in total. The lowest BCUT2D eigenvalue weighted by Crippen LogP contribution is -2.30. The van der Waals surface area contributed by atoms with Gasteiger partial charge in [-0.3, -0.25) is 4.79 Å². The van der Waals surface area contributed by atoms with Gasteiger partial charge in [-0.1, -0.05) is 51.8 Å². The van der Waals surface area contributed by atoms with Gasteiger partial charge in [0.15, 0.2) is 11.5 Å². The maximum atomic E-state index is 12.9. The van der Waals surface area contributed by atoms with Crippen LogP contribution in [0.1, 0.15) is 16.7 Å². The number of halogens is 2. The topological polar surface area (TPSA) is 91.7 Å². The summed E-state index contributed by atoms with van der Waals surface area (Å²) in [6.07, 6.45) is 1.55. The lowest BCUT2D eigenvalue weighted by molar-refractivity contribution is -0.113. The molecule has 0 atom stereocenters. The highest BCUT2D eigenvalue weighted by Gasteiger charge is 2.35. The third kappa shape index (κ3) is 4.76. The molecule has 0 unspecified atom stereocenters. The number of methoxy groups -OCH3 is 1. The van der Waals surface area contributed by atoms with Crippen LogP contribution < -0.4 is 19.7 Å². The monoisotopic (exact) mass is 537 g/mol. The second kappa shape index (κ2) is 10.00. The van der Waals surface area contributed by atoms with E-state index in [-0.39, 0.29) is 12.3 Å². The number of benzene rings is 3. The summed E-state index contributed by atoms with van der Waals surface area (Å²) >= 11 is 9.49. The molecule has 0 aromatic heterocycles. The van der Waals surface area contributed by atoms with Gasteiger partial charge in [0, 0.05) is 15.1 Å². The summed E-state index contributed by atoms with van der Waals surface area (Å²) in [6.45, 7) is 0.177. The van der Waals surface area contributed by atoms with Crippen LogP contribution in [0.15, 0.2) is 70.8 Å². The van der Waals surface area contributed by atoms with E-state index in [1.165, 1.54) is 13.2 Å². The Kier molecular flexibility index (Phi) is 6.87. The van der Waals surface area contributed by atoms with Crippen LogP contribution >= 0.6 is 27.5 Å². The van der Waals surface area contributed by atoms with Gasteiger partial charge in [0.25, 0.3) is 5.91 Å². The first-order chi connectivity index (χ1) is 16.4. The Morgan fingerprint density at radius 2 is 1.91 bits per heavy atom. The van der Waals surface area contributed by atoms with Gasteiger partial charge in [-0.25, -0.2) is 9.69 Å². The van der Waals surface area contributed by atoms with Crippen molar-refractivity contribution in [2.75, 3.05) is 12.0 Å². The Bertz CT molecular complexity index is 1370. The average molecular weight is 539 g/mol. The summed E-state index contributed by atoms with van der Waals surface area (Å²) in [6, 6.07) is 18.6. The Morgan fingerprint density at radius 1 is 1.12 bits per heavy atom. The number of hydrogen-bond acceptors (Lipinski definition) is 5. The molecular formula is C25H17BrClN3O4. The molecule has 0 bridgehead atoms. The minimum Gasteiger partial charge on any atom is -0.493 e. The number of urea groups is 1. The molecule has 1 fully saturated rings. The van der Waals surface area contributed by atoms with Crippen molar-refractivity contribution < 1.29 is 19.1 Å². The van der Waals surface area contributed by atoms with Crippen molar-refractivity contribution in [1.29, 1.82) is 5.26 Å². The quantitative estimate of drug-likeness (QED) is 0.323. The van der Waals surface area contributed by atoms with Crippen molar-refractivity contribution in [3.63, 3.8) is 0 Å². The third-order valence-electron chi connectivity index (χ3n) is 5.05. The van der Waals surface area contributed by atoms with Gasteiger partial charge in [0.2, 0.25) is 0 Å². The molecule has 3 aromatic carbocycles. The Labute approximate surface area is 209 Å². The molecule has 3 amide bonds. The number of hydrogen-bond donors (Lipinski definition) is 1. The predicted molar refractivity (Wildman–Crippen MR) is 132 cm³/mol. The van der Waals surface area contributed by atoms with E-state index < -0.39 is 11.9 Å². The molecule has 0 radical (unpaired) electrons. The molecule has 0 spiro atoms. The van der Waals surface area contributed by atoms with Crippen molar-refractivity contribution in [3.05, 3.63) is 92.5 Å². The number of carbonyl (C=O) groups excluding carboxylic acids is 2. The Hall–Kier alpha value is -3.80. The summed E-state index contributed by atoms with van der Waals surface area (Å²) < 4.78 is 12.0. The number of carbonyl (C=O) groups is 2. The zero-order valence-electron chi connectivity index (χ0n) is 17.8. The first-order valence-corrected chi connectivity index (χ1v) is 11.2. The first kappa shape index (κ1) is 23.4. The Morgan fingerprint density at radius 3 is 2.65 bits per heavy atom. The van der Waals surface area contributed by atoms with Crippen LogP contribution in [-0.2, 0) is 11.4 Å². The van der Waals surface area contributed by atoms with Crippen LogP contribution in [0, 0.1) is 11.3 Å². The van der Waals surface area contributed by atoms with E-state index in [1.807, 2.05) is 12.1 Å². The number of nitriles is 1. The molecule has 34 heavy (non-hydrogen) atoms. The van der Waals surface area contributed by atoms with E-state index in [1.54, 1.807) is 48.5 Å². The van der Waals surface area contributed by atoms with Crippen molar-refractivity contribution in [1.82, 2.24) is 5.32 Å². The molecule has 170 valence electrons. The van der Waals surface area contributed by atoms with Crippen LogP contribution in [0.2, 0.25) is 5.02 Å². The van der Waals surface area contributed by atoms with E-state index in [4.69, 9.17) is 21.1 Å². The number of ether oxygens (including phenoxy) is 2. The summed E-state index contributed by atoms with van der Waals surface area (Å²) in [5.74, 6) is 0.367. The first-order valence-electron chi connectivity index (χ1n) is 10.0. The number of rotatable bonds is 6. The number of anilines is 1. The summed E-state index contributed by atoms with van der Waals surface area (Å²) in [4.78, 5) is 26.4. The number of nitrogens with one attached hydrogen (secondary N) is 1. The van der Waals surface area contributed by atoms with Gasteiger partial charge in [-0.15, -0.1) is 0 Å². The van der Waals surface area contributed by atoms with Gasteiger partial charge < -0.3 is 14.8 Å². The second-order valence-electron chi connectivity index (χ2n) is 7.19. The molecule has 0 aliphatic carbocycles. The van der Waals surface area contributed by atoms with Gasteiger partial charge >= 0.3 is 6.03 Å². The maximum absolute atomic E-state index is 12.9. The normalized spacial score (nSPS) is 14.2. The smallest absolute Gasteiger partial charge is 0.333 e. The molecular weight excluding hydrogens is 522 g/mol. The molecule has 1 saturated heterocycles. The van der Waals surface area contributed by atoms with Crippen LogP contribution in [0.5, 0.6) is 11.5 Å². The highest BCUT2D eigenvalue weighted by molar-refractivity contribution is 9.10. The third-order valence-corrected chi connectivity index (χ3v) is 5.97. The molecule has 1 aliphatic heterocycles. The predicted octanol–water partition coefficient (Wildman–Crippen LogP) is 5.66. The number of amides is 3. The van der Waals surface area contributed by atoms with E-state index in [0.29, 0.717) is 37.8 Å². The second-order valence-corrected chi connectivity index (χ2v) is 8.48. The van der Waals surface area contributed by atoms with Crippen molar-refractivity contribution in [2.24, 2.45) is 0 Å². The van der Waals surface area contributed by atoms with Gasteiger partial charge in [-0.05, 0) is 48.0 Å². The van der Waals surface area contributed by atoms with E-state index in [0.717, 1.165) is 10.5 Å². The van der Waals surface area contributed by atoms with Crippen LogP contribution in [0.4, 0.5) is 10.5 Å². The molecule has 9 heteroatoms. The standard InChI is InChI=1S/C25H17BrClN3O4/c1-33-22-10-17(20(26)12-23(22)34-14-16-6-3-2-5-15(16)13-28)9-21-24(31)30(25(32)29-21)19-8-4-7-18(27)11-19/h2-12H,14H2,1H3,(H,29,32)/b21-9+. The fourth-order valence-corrected chi connectivity index (χ4v) is 4.01. The SMILES string of the molecule is COc1cc(/C=C2/NC(=O)N(c3cccc(Cl)c3)C2=O)c(Br)cc1OCc1ccccc1C#N. The number of nitrogens with zero attached hydrogens (tertiary/aromatic N) is 2. The molecule has 1 aliphatic rings. The Balaban J connectivity index is 1.60. The van der Waals surface area contributed by atoms with Gasteiger partial charge in [-0.2, -0.15) is 5.26 Å². The van der Waals surface area contributed by atoms with Crippen LogP contribution in [0.25, 0.3) is 6.08 Å². The molecule has 4 rings (SSSR count). The zero-order chi connectivity index (χ0) is 24.2. The lowest BCUT2D eigenvalue weighted by atomic mass is 10.1. The van der Waals surface area contributed by atoms with Crippen molar-refractivity contribution >= 4 is 51.2 Å². The van der Waals surface area contributed by atoms with Crippen LogP contribution in [0.3, 0.4) is 0 Å². The van der Waals surface area contributed by atoms with Gasteiger partial charge in [0.05, 0.1) is 24.4 Å². The molecule has 0 saturated carbocycles. The molecule has 1 heterocycles. The van der Waals surface area contributed by atoms with E-state index in [9.17, 15) is 14.9 Å². The lowest BCUT2D eigenvalue weighted by Gasteiger charge is -2.14. The fraction of sp³-hybridized carbons (Fsp3) is 0.0800. The number of imide groups is 1. The largest absolute Gasteiger partial charge is 0.493 e. The highest BCUT2D eigenvalue weighted by Crippen LogP contribution is 2.36. The van der Waals surface area contributed by atoms with E-state index >= 15 is 0 Å². The summed E-state index contributed by atoms with van der Waals surface area (Å²) in [5.41, 5.74) is 2.34. The van der Waals surface area contributed by atoms with Crippen molar-refractivity contribution in [2.45, 2.75) is 6.61 Å². The summed E-state index contributed by atoms with van der Waals surface area (Å²) in [7, 11) is 1.50. The van der Waals surface area contributed by atoms with Crippen molar-refractivity contribution in [3.8, 4) is 17.6 Å². The molecule has 3 aromatic rings. The summed E-state index contributed by atoms with van der Waals surface area (Å²) in [5, 5.41) is 12.3.